The first-order valence-electron chi connectivity index (χ1n) is 7.07. The molecule has 2 heterocycles. The maximum atomic E-state index is 12.2. The predicted molar refractivity (Wildman–Crippen MR) is 81.9 cm³/mol. The molecule has 0 radical (unpaired) electrons. The number of hydrogen-bond donors (Lipinski definition) is 1. The van der Waals surface area contributed by atoms with E-state index in [0.29, 0.717) is 12.3 Å². The Bertz CT molecular complexity index is 664. The number of hydrogen-bond acceptors (Lipinski definition) is 5. The molecule has 7 nitrogen and oxygen atoms in total. The SMILES string of the molecule is CCc1ccc(C(COC)NS(=O)(=O)CCn2ccnc2)o1. The average molecular weight is 327 g/mol. The molecule has 0 bridgehead atoms. The van der Waals surface area contributed by atoms with Gasteiger partial charge in [-0.1, -0.05) is 6.92 Å². The first-order valence-corrected chi connectivity index (χ1v) is 8.72. The Hall–Kier alpha value is -1.64. The lowest BCUT2D eigenvalue weighted by Crippen LogP contribution is -2.34. The highest BCUT2D eigenvalue weighted by Crippen LogP contribution is 2.18. The van der Waals surface area contributed by atoms with E-state index >= 15 is 0 Å². The summed E-state index contributed by atoms with van der Waals surface area (Å²) >= 11 is 0. The molecular weight excluding hydrogens is 306 g/mol. The molecule has 0 aliphatic rings. The van der Waals surface area contributed by atoms with Crippen molar-refractivity contribution in [2.75, 3.05) is 19.5 Å². The molecule has 122 valence electrons. The second-order valence-electron chi connectivity index (χ2n) is 4.90. The number of rotatable bonds is 9. The van der Waals surface area contributed by atoms with Crippen molar-refractivity contribution in [3.63, 3.8) is 0 Å². The Morgan fingerprint density at radius 1 is 1.45 bits per heavy atom. The van der Waals surface area contributed by atoms with E-state index in [1.807, 2.05) is 13.0 Å². The molecule has 0 amide bonds. The van der Waals surface area contributed by atoms with Crippen molar-refractivity contribution < 1.29 is 17.6 Å². The molecule has 0 saturated carbocycles. The molecule has 0 aromatic carbocycles. The highest BCUT2D eigenvalue weighted by Gasteiger charge is 2.22. The summed E-state index contributed by atoms with van der Waals surface area (Å²) < 4.78 is 39.5. The lowest BCUT2D eigenvalue weighted by molar-refractivity contribution is 0.166. The Kier molecular flexibility index (Phi) is 5.76. The Balaban J connectivity index is 2.02. The number of sulfonamides is 1. The van der Waals surface area contributed by atoms with Crippen LogP contribution in [0.5, 0.6) is 0 Å². The van der Waals surface area contributed by atoms with Crippen molar-refractivity contribution >= 4 is 10.0 Å². The van der Waals surface area contributed by atoms with Crippen molar-refractivity contribution in [1.29, 1.82) is 0 Å². The van der Waals surface area contributed by atoms with Gasteiger partial charge in [0.15, 0.2) is 0 Å². The lowest BCUT2D eigenvalue weighted by Gasteiger charge is -2.16. The van der Waals surface area contributed by atoms with E-state index in [9.17, 15) is 8.42 Å². The predicted octanol–water partition coefficient (Wildman–Crippen LogP) is 1.35. The van der Waals surface area contributed by atoms with Crippen molar-refractivity contribution in [2.45, 2.75) is 25.9 Å². The number of furan rings is 1. The van der Waals surface area contributed by atoms with E-state index in [1.54, 1.807) is 29.4 Å². The molecule has 8 heteroatoms. The Morgan fingerprint density at radius 3 is 2.86 bits per heavy atom. The van der Waals surface area contributed by atoms with Crippen LogP contribution in [0, 0.1) is 0 Å². The lowest BCUT2D eigenvalue weighted by atomic mass is 10.2. The van der Waals surface area contributed by atoms with Crippen LogP contribution < -0.4 is 4.72 Å². The number of nitrogens with one attached hydrogen (secondary N) is 1. The van der Waals surface area contributed by atoms with Gasteiger partial charge < -0.3 is 13.7 Å². The van der Waals surface area contributed by atoms with Gasteiger partial charge >= 0.3 is 0 Å². The van der Waals surface area contributed by atoms with Crippen LogP contribution >= 0.6 is 0 Å². The molecule has 1 atom stereocenters. The first kappa shape index (κ1) is 16.7. The maximum absolute atomic E-state index is 12.2. The zero-order chi connectivity index (χ0) is 16.0. The van der Waals surface area contributed by atoms with Crippen LogP contribution in [0.3, 0.4) is 0 Å². The molecular formula is C14H21N3O4S. The second-order valence-corrected chi connectivity index (χ2v) is 6.78. The molecule has 1 N–H and O–H groups in total. The van der Waals surface area contributed by atoms with E-state index in [4.69, 9.17) is 9.15 Å². The fourth-order valence-electron chi connectivity index (χ4n) is 2.03. The average Bonchev–Trinajstić information content (AvgIpc) is 3.16. The van der Waals surface area contributed by atoms with E-state index in [1.165, 1.54) is 7.11 Å². The Labute approximate surface area is 130 Å². The van der Waals surface area contributed by atoms with Gasteiger partial charge in [0, 0.05) is 32.5 Å². The Morgan fingerprint density at radius 2 is 2.27 bits per heavy atom. The third-order valence-corrected chi connectivity index (χ3v) is 4.57. The van der Waals surface area contributed by atoms with Crippen LogP contribution in [0.4, 0.5) is 0 Å². The highest BCUT2D eigenvalue weighted by atomic mass is 32.2. The highest BCUT2D eigenvalue weighted by molar-refractivity contribution is 7.89. The van der Waals surface area contributed by atoms with Gasteiger partial charge in [-0.2, -0.15) is 0 Å². The van der Waals surface area contributed by atoms with Crippen LogP contribution in [0.15, 0.2) is 35.3 Å². The number of ether oxygens (including phenoxy) is 1. The van der Waals surface area contributed by atoms with Gasteiger partial charge in [-0.3, -0.25) is 0 Å². The van der Waals surface area contributed by atoms with Crippen LogP contribution in [0.25, 0.3) is 0 Å². The third-order valence-electron chi connectivity index (χ3n) is 3.21. The minimum atomic E-state index is -3.46. The summed E-state index contributed by atoms with van der Waals surface area (Å²) in [5.41, 5.74) is 0. The fourth-order valence-corrected chi connectivity index (χ4v) is 3.22. The van der Waals surface area contributed by atoms with Gasteiger partial charge in [-0.25, -0.2) is 18.1 Å². The molecule has 2 rings (SSSR count). The normalized spacial score (nSPS) is 13.4. The smallest absolute Gasteiger partial charge is 0.214 e. The van der Waals surface area contributed by atoms with Gasteiger partial charge in [0.1, 0.15) is 17.6 Å². The van der Waals surface area contributed by atoms with Gasteiger partial charge in [0.2, 0.25) is 10.0 Å². The largest absolute Gasteiger partial charge is 0.464 e. The van der Waals surface area contributed by atoms with Crippen molar-refractivity contribution in [1.82, 2.24) is 14.3 Å². The summed E-state index contributed by atoms with van der Waals surface area (Å²) in [4.78, 5) is 3.89. The van der Waals surface area contributed by atoms with Gasteiger partial charge in [-0.05, 0) is 12.1 Å². The minimum Gasteiger partial charge on any atom is -0.464 e. The van der Waals surface area contributed by atoms with Gasteiger partial charge in [-0.15, -0.1) is 0 Å². The molecule has 0 aliphatic carbocycles. The summed E-state index contributed by atoms with van der Waals surface area (Å²) in [5, 5.41) is 0. The van der Waals surface area contributed by atoms with Crippen LogP contribution in [-0.4, -0.2) is 37.4 Å². The summed E-state index contributed by atoms with van der Waals surface area (Å²) in [6.45, 7) is 2.53. The zero-order valence-electron chi connectivity index (χ0n) is 12.7. The van der Waals surface area contributed by atoms with Crippen LogP contribution in [-0.2, 0) is 27.7 Å². The van der Waals surface area contributed by atoms with E-state index in [0.717, 1.165) is 12.2 Å². The van der Waals surface area contributed by atoms with Crippen LogP contribution in [0.2, 0.25) is 0 Å². The standard InChI is InChI=1S/C14H21N3O4S/c1-3-12-4-5-14(21-12)13(10-20-2)16-22(18,19)9-8-17-7-6-15-11-17/h4-7,11,13,16H,3,8-10H2,1-2H3. The summed E-state index contributed by atoms with van der Waals surface area (Å²) in [5.74, 6) is 1.34. The van der Waals surface area contributed by atoms with Crippen LogP contribution in [0.1, 0.15) is 24.5 Å². The summed E-state index contributed by atoms with van der Waals surface area (Å²) in [6.07, 6.45) is 5.68. The van der Waals surface area contributed by atoms with Crippen molar-refractivity contribution in [3.8, 4) is 0 Å². The molecule has 1 unspecified atom stereocenters. The number of aromatic nitrogens is 2. The molecule has 0 saturated heterocycles. The molecule has 0 fully saturated rings. The number of aryl methyl sites for hydroxylation is 2. The molecule has 2 aromatic rings. The fraction of sp³-hybridized carbons (Fsp3) is 0.500. The van der Waals surface area contributed by atoms with Crippen molar-refractivity contribution in [3.05, 3.63) is 42.4 Å². The molecule has 0 spiro atoms. The molecule has 0 aliphatic heterocycles. The van der Waals surface area contributed by atoms with E-state index in [2.05, 4.69) is 9.71 Å². The summed E-state index contributed by atoms with van der Waals surface area (Å²) in [7, 11) is -1.94. The quantitative estimate of drug-likeness (QED) is 0.751. The minimum absolute atomic E-state index is 0.0368. The topological polar surface area (TPSA) is 86.4 Å². The third kappa shape index (κ3) is 4.69. The molecule has 22 heavy (non-hydrogen) atoms. The zero-order valence-corrected chi connectivity index (χ0v) is 13.5. The van der Waals surface area contributed by atoms with E-state index in [-0.39, 0.29) is 12.4 Å². The molecule has 2 aromatic heterocycles. The number of imidazole rings is 1. The number of nitrogens with zero attached hydrogens (tertiary/aromatic N) is 2. The monoisotopic (exact) mass is 327 g/mol. The first-order chi connectivity index (χ1) is 10.5. The second kappa shape index (κ2) is 7.57. The number of methoxy groups -OCH3 is 1. The van der Waals surface area contributed by atoms with Crippen molar-refractivity contribution in [2.24, 2.45) is 0 Å². The maximum Gasteiger partial charge on any atom is 0.214 e. The van der Waals surface area contributed by atoms with E-state index < -0.39 is 16.1 Å². The summed E-state index contributed by atoms with van der Waals surface area (Å²) in [6, 6.07) is 3.09. The van der Waals surface area contributed by atoms with Gasteiger partial charge in [0.05, 0.1) is 18.7 Å². The van der Waals surface area contributed by atoms with Gasteiger partial charge in [0.25, 0.3) is 0 Å².